The van der Waals surface area contributed by atoms with E-state index < -0.39 is 0 Å². The van der Waals surface area contributed by atoms with Crippen molar-refractivity contribution in [2.24, 2.45) is 0 Å². The van der Waals surface area contributed by atoms with E-state index >= 15 is 0 Å². The highest BCUT2D eigenvalue weighted by Gasteiger charge is 2.12. The van der Waals surface area contributed by atoms with Crippen molar-refractivity contribution in [2.45, 2.75) is 26.4 Å². The molecule has 0 aliphatic carbocycles. The Morgan fingerprint density at radius 3 is 1.56 bits per heavy atom. The zero-order valence-electron chi connectivity index (χ0n) is 17.7. The van der Waals surface area contributed by atoms with Gasteiger partial charge >= 0.3 is 0 Å². The zero-order chi connectivity index (χ0) is 22.0. The molecule has 162 valence electrons. The second-order valence-electron chi connectivity index (χ2n) is 7.33. The molecule has 4 aromatic rings. The van der Waals surface area contributed by atoms with Gasteiger partial charge in [-0.2, -0.15) is 0 Å². The van der Waals surface area contributed by atoms with E-state index in [1.807, 2.05) is 91.0 Å². The molecule has 32 heavy (non-hydrogen) atoms. The van der Waals surface area contributed by atoms with Gasteiger partial charge in [0.1, 0.15) is 19.0 Å². The van der Waals surface area contributed by atoms with E-state index in [9.17, 15) is 4.79 Å². The summed E-state index contributed by atoms with van der Waals surface area (Å²) in [7, 11) is 0. The summed E-state index contributed by atoms with van der Waals surface area (Å²) in [6.45, 7) is 1.32. The van der Waals surface area contributed by atoms with Gasteiger partial charge in [-0.3, -0.25) is 4.79 Å². The first kappa shape index (κ1) is 21.4. The molecular formula is C27H25NO4. The summed E-state index contributed by atoms with van der Waals surface area (Å²) in [5.41, 5.74) is 3.33. The molecule has 0 saturated heterocycles. The highest BCUT2D eigenvalue weighted by Crippen LogP contribution is 2.23. The highest BCUT2D eigenvalue weighted by atomic mass is 16.5. The minimum atomic E-state index is -0.314. The molecule has 5 nitrogen and oxygen atoms in total. The summed E-state index contributed by atoms with van der Waals surface area (Å²) < 4.78 is 17.7. The van der Waals surface area contributed by atoms with Crippen LogP contribution in [0.1, 0.15) is 22.4 Å². The fourth-order valence-corrected chi connectivity index (χ4v) is 3.19. The third-order valence-electron chi connectivity index (χ3n) is 4.88. The van der Waals surface area contributed by atoms with Gasteiger partial charge in [0.15, 0.2) is 5.75 Å². The lowest BCUT2D eigenvalue weighted by atomic mass is 10.2. The van der Waals surface area contributed by atoms with E-state index in [2.05, 4.69) is 4.98 Å². The van der Waals surface area contributed by atoms with E-state index in [4.69, 9.17) is 14.2 Å². The van der Waals surface area contributed by atoms with Crippen molar-refractivity contribution in [2.75, 3.05) is 0 Å². The van der Waals surface area contributed by atoms with E-state index in [-0.39, 0.29) is 17.9 Å². The molecule has 1 heterocycles. The standard InChI is InChI=1S/C27H25NO4/c29-27-26(32-19-23-14-8-3-9-15-23)16-25(31-18-22-12-6-2-7-13-22)24(28-27)20-30-17-21-10-4-1-5-11-21/h1-16H,17-20H2,(H,28,29). The average Bonchev–Trinajstić information content (AvgIpc) is 2.85. The molecule has 0 unspecified atom stereocenters. The van der Waals surface area contributed by atoms with E-state index in [1.54, 1.807) is 6.07 Å². The first-order chi connectivity index (χ1) is 15.8. The molecule has 0 spiro atoms. The quantitative estimate of drug-likeness (QED) is 0.376. The number of hydrogen-bond donors (Lipinski definition) is 1. The molecule has 0 aliphatic heterocycles. The molecule has 1 N–H and O–H groups in total. The average molecular weight is 428 g/mol. The number of H-pyrrole nitrogens is 1. The molecule has 4 rings (SSSR count). The Morgan fingerprint density at radius 2 is 1.03 bits per heavy atom. The predicted octanol–water partition coefficient (Wildman–Crippen LogP) is 5.25. The molecule has 5 heteroatoms. The third-order valence-corrected chi connectivity index (χ3v) is 4.88. The van der Waals surface area contributed by atoms with Gasteiger partial charge in [0.05, 0.1) is 18.9 Å². The van der Waals surface area contributed by atoms with Crippen molar-refractivity contribution in [3.63, 3.8) is 0 Å². The molecule has 0 atom stereocenters. The van der Waals surface area contributed by atoms with Crippen LogP contribution in [-0.2, 0) is 31.2 Å². The second-order valence-corrected chi connectivity index (χ2v) is 7.33. The Labute approximate surface area is 187 Å². The maximum Gasteiger partial charge on any atom is 0.290 e. The number of benzene rings is 3. The summed E-state index contributed by atoms with van der Waals surface area (Å²) in [6, 6.07) is 31.1. The molecule has 0 aliphatic rings. The number of pyridine rings is 1. The van der Waals surface area contributed by atoms with E-state index in [0.717, 1.165) is 16.7 Å². The molecule has 3 aromatic carbocycles. The summed E-state index contributed by atoms with van der Waals surface area (Å²) >= 11 is 0. The summed E-state index contributed by atoms with van der Waals surface area (Å²) in [5.74, 6) is 0.744. The third kappa shape index (κ3) is 6.09. The number of ether oxygens (including phenoxy) is 3. The number of aromatic amines is 1. The Bertz CT molecular complexity index is 1160. The normalized spacial score (nSPS) is 10.6. The second kappa shape index (κ2) is 11.0. The Hall–Kier alpha value is -3.83. The number of rotatable bonds is 10. The fourth-order valence-electron chi connectivity index (χ4n) is 3.19. The number of aromatic nitrogens is 1. The van der Waals surface area contributed by atoms with Crippen molar-refractivity contribution in [1.82, 2.24) is 4.98 Å². The maximum absolute atomic E-state index is 12.6. The van der Waals surface area contributed by atoms with Crippen LogP contribution in [0.4, 0.5) is 0 Å². The Morgan fingerprint density at radius 1 is 0.562 bits per heavy atom. The van der Waals surface area contributed by atoms with Gasteiger partial charge in [0, 0.05) is 6.07 Å². The largest absolute Gasteiger partial charge is 0.487 e. The fraction of sp³-hybridized carbons (Fsp3) is 0.148. The zero-order valence-corrected chi connectivity index (χ0v) is 17.7. The lowest BCUT2D eigenvalue weighted by Gasteiger charge is -2.14. The van der Waals surface area contributed by atoms with Gasteiger partial charge < -0.3 is 19.2 Å². The van der Waals surface area contributed by atoms with Crippen LogP contribution >= 0.6 is 0 Å². The predicted molar refractivity (Wildman–Crippen MR) is 124 cm³/mol. The summed E-state index contributed by atoms with van der Waals surface area (Å²) in [6.07, 6.45) is 0. The van der Waals surface area contributed by atoms with Crippen LogP contribution < -0.4 is 15.0 Å². The topological polar surface area (TPSA) is 60.6 Å². The molecule has 0 amide bonds. The number of nitrogens with one attached hydrogen (secondary N) is 1. The minimum absolute atomic E-state index is 0.212. The van der Waals surface area contributed by atoms with Gasteiger partial charge in [0.25, 0.3) is 5.56 Å². The van der Waals surface area contributed by atoms with Gasteiger partial charge in [0.2, 0.25) is 0 Å². The Balaban J connectivity index is 1.49. The van der Waals surface area contributed by atoms with Crippen LogP contribution in [-0.4, -0.2) is 4.98 Å². The SMILES string of the molecule is O=c1[nH]c(COCc2ccccc2)c(OCc2ccccc2)cc1OCc1ccccc1. The highest BCUT2D eigenvalue weighted by molar-refractivity contribution is 5.35. The first-order valence-electron chi connectivity index (χ1n) is 10.5. The molecule has 1 aromatic heterocycles. The lowest BCUT2D eigenvalue weighted by Crippen LogP contribution is -2.15. The molecular weight excluding hydrogens is 402 g/mol. The van der Waals surface area contributed by atoms with Crippen LogP contribution in [0.15, 0.2) is 102 Å². The van der Waals surface area contributed by atoms with Crippen LogP contribution in [0.25, 0.3) is 0 Å². The van der Waals surface area contributed by atoms with Crippen molar-refractivity contribution < 1.29 is 14.2 Å². The van der Waals surface area contributed by atoms with Crippen LogP contribution in [0.2, 0.25) is 0 Å². The summed E-state index contributed by atoms with van der Waals surface area (Å²) in [4.78, 5) is 15.5. The first-order valence-corrected chi connectivity index (χ1v) is 10.5. The van der Waals surface area contributed by atoms with Gasteiger partial charge in [-0.15, -0.1) is 0 Å². The molecule has 0 bridgehead atoms. The van der Waals surface area contributed by atoms with Crippen molar-refractivity contribution in [3.05, 3.63) is 130 Å². The van der Waals surface area contributed by atoms with Gasteiger partial charge in [-0.05, 0) is 16.7 Å². The monoisotopic (exact) mass is 427 g/mol. The molecule has 0 saturated carbocycles. The van der Waals surface area contributed by atoms with Crippen molar-refractivity contribution >= 4 is 0 Å². The van der Waals surface area contributed by atoms with Crippen LogP contribution in [0.5, 0.6) is 11.5 Å². The smallest absolute Gasteiger partial charge is 0.290 e. The van der Waals surface area contributed by atoms with Crippen molar-refractivity contribution in [3.8, 4) is 11.5 Å². The lowest BCUT2D eigenvalue weighted by molar-refractivity contribution is 0.101. The van der Waals surface area contributed by atoms with Crippen molar-refractivity contribution in [1.29, 1.82) is 0 Å². The van der Waals surface area contributed by atoms with E-state index in [0.29, 0.717) is 31.3 Å². The Kier molecular flexibility index (Phi) is 7.34. The minimum Gasteiger partial charge on any atom is -0.487 e. The molecule has 0 radical (unpaired) electrons. The van der Waals surface area contributed by atoms with E-state index in [1.165, 1.54) is 0 Å². The van der Waals surface area contributed by atoms with Crippen LogP contribution in [0.3, 0.4) is 0 Å². The van der Waals surface area contributed by atoms with Gasteiger partial charge in [-0.25, -0.2) is 0 Å². The maximum atomic E-state index is 12.6. The number of hydrogen-bond acceptors (Lipinski definition) is 4. The summed E-state index contributed by atoms with van der Waals surface area (Å²) in [5, 5.41) is 0. The van der Waals surface area contributed by atoms with Gasteiger partial charge in [-0.1, -0.05) is 91.0 Å². The van der Waals surface area contributed by atoms with Crippen LogP contribution in [0, 0.1) is 0 Å². The molecule has 0 fully saturated rings.